The number of carbonyl (C=O) groups excluding carboxylic acids is 3. The van der Waals surface area contributed by atoms with Crippen molar-refractivity contribution in [3.05, 3.63) is 122 Å². The smallest absolute Gasteiger partial charge is 0.462 e. The molecule has 0 saturated carbocycles. The molecule has 3 unspecified atom stereocenters. The van der Waals surface area contributed by atoms with E-state index in [9.17, 15) is 28.9 Å². The first-order valence-corrected chi connectivity index (χ1v) is 28.9. The first kappa shape index (κ1) is 67.9. The molecule has 0 radical (unpaired) electrons. The molecule has 0 spiro atoms. The van der Waals surface area contributed by atoms with Crippen molar-refractivity contribution in [2.24, 2.45) is 0 Å². The third kappa shape index (κ3) is 50.8. The molecule has 12 heteroatoms. The summed E-state index contributed by atoms with van der Waals surface area (Å²) in [7, 11) is -4.79. The highest BCUT2D eigenvalue weighted by atomic mass is 31.2. The first-order valence-electron chi connectivity index (χ1n) is 27.4. The normalized spacial score (nSPS) is 14.3. The number of esters is 3. The number of ether oxygens (including phenoxy) is 3. The number of rotatable bonds is 49. The number of aliphatic hydroxyl groups is 1. The van der Waals surface area contributed by atoms with Crippen LogP contribution in [-0.4, -0.2) is 66.5 Å². The van der Waals surface area contributed by atoms with E-state index in [0.717, 1.165) is 103 Å². The number of allylic oxidation sites excluding steroid dienone is 19. The lowest BCUT2D eigenvalue weighted by atomic mass is 10.1. The molecular formula is C60H97O11P. The molecule has 0 fully saturated rings. The van der Waals surface area contributed by atoms with Gasteiger partial charge >= 0.3 is 25.7 Å². The number of hydrogen-bond acceptors (Lipinski definition) is 10. The fourth-order valence-electron chi connectivity index (χ4n) is 6.77. The van der Waals surface area contributed by atoms with Gasteiger partial charge in [-0.1, -0.05) is 194 Å². The van der Waals surface area contributed by atoms with Crippen LogP contribution in [0.1, 0.15) is 201 Å². The molecule has 0 aliphatic rings. The average molecular weight is 1030 g/mol. The van der Waals surface area contributed by atoms with Crippen LogP contribution >= 0.6 is 7.82 Å². The largest absolute Gasteiger partial charge is 0.472 e. The van der Waals surface area contributed by atoms with E-state index in [1.807, 2.05) is 18.2 Å². The molecule has 72 heavy (non-hydrogen) atoms. The molecule has 0 aromatic heterocycles. The van der Waals surface area contributed by atoms with Crippen molar-refractivity contribution >= 4 is 25.7 Å². The lowest BCUT2D eigenvalue weighted by Gasteiger charge is -2.21. The molecule has 0 bridgehead atoms. The number of phosphoric acid groups is 1. The molecule has 2 N–H and O–H groups in total. The van der Waals surface area contributed by atoms with Gasteiger partial charge in [0.25, 0.3) is 0 Å². The van der Waals surface area contributed by atoms with E-state index in [0.29, 0.717) is 19.3 Å². The summed E-state index contributed by atoms with van der Waals surface area (Å²) in [5.41, 5.74) is 0. The van der Waals surface area contributed by atoms with Crippen molar-refractivity contribution in [2.45, 2.75) is 213 Å². The van der Waals surface area contributed by atoms with Gasteiger partial charge < -0.3 is 24.2 Å². The highest BCUT2D eigenvalue weighted by molar-refractivity contribution is 7.47. The minimum absolute atomic E-state index is 0.0803. The third-order valence-electron chi connectivity index (χ3n) is 10.9. The molecule has 0 heterocycles. The second-order valence-electron chi connectivity index (χ2n) is 17.6. The quantitative estimate of drug-likeness (QED) is 0.0197. The average Bonchev–Trinajstić information content (AvgIpc) is 3.37. The van der Waals surface area contributed by atoms with Gasteiger partial charge in [-0.05, 0) is 109 Å². The molecule has 3 atom stereocenters. The van der Waals surface area contributed by atoms with E-state index in [1.54, 1.807) is 6.08 Å². The summed E-state index contributed by atoms with van der Waals surface area (Å²) in [6.07, 6.45) is 64.8. The number of aliphatic hydroxyl groups excluding tert-OH is 1. The lowest BCUT2D eigenvalue weighted by molar-refractivity contribution is -0.160. The predicted molar refractivity (Wildman–Crippen MR) is 297 cm³/mol. The molecule has 408 valence electrons. The van der Waals surface area contributed by atoms with Crippen molar-refractivity contribution in [1.29, 1.82) is 0 Å². The summed E-state index contributed by atoms with van der Waals surface area (Å²) in [6.45, 7) is 4.22. The van der Waals surface area contributed by atoms with Crippen LogP contribution in [0.15, 0.2) is 122 Å². The Morgan fingerprint density at radius 1 is 0.417 bits per heavy atom. The second kappa shape index (κ2) is 53.2. The minimum atomic E-state index is -4.79. The summed E-state index contributed by atoms with van der Waals surface area (Å²) in [5.74, 6) is -1.69. The molecule has 0 aliphatic heterocycles. The van der Waals surface area contributed by atoms with Gasteiger partial charge in [-0.15, -0.1) is 0 Å². The Labute approximate surface area is 437 Å². The van der Waals surface area contributed by atoms with E-state index in [-0.39, 0.29) is 19.3 Å². The maximum atomic E-state index is 12.9. The van der Waals surface area contributed by atoms with E-state index >= 15 is 0 Å². The van der Waals surface area contributed by atoms with Crippen LogP contribution in [0.3, 0.4) is 0 Å². The highest BCUT2D eigenvalue weighted by Gasteiger charge is 2.28. The van der Waals surface area contributed by atoms with Crippen LogP contribution in [0.4, 0.5) is 0 Å². The SMILES string of the molecule is CC/C=C\C/C=C\C/C=C\C/C=C\C/C=C\CC(=O)OC(COC(=O)CCCC/C=C\C/C=C\C/C=C\C/C=C\CC)COP(=O)(O)OCC(CO)OC(=O)CCCCCCC/C=C\CCCCCCCC. The molecule has 0 aromatic rings. The summed E-state index contributed by atoms with van der Waals surface area (Å²) >= 11 is 0. The molecule has 0 rings (SSSR count). The summed E-state index contributed by atoms with van der Waals surface area (Å²) in [6, 6.07) is 0. The molecule has 0 aliphatic carbocycles. The monoisotopic (exact) mass is 1020 g/mol. The number of phosphoric ester groups is 1. The van der Waals surface area contributed by atoms with Crippen LogP contribution in [0, 0.1) is 0 Å². The van der Waals surface area contributed by atoms with E-state index in [4.69, 9.17) is 23.3 Å². The van der Waals surface area contributed by atoms with E-state index in [2.05, 4.69) is 118 Å². The topological polar surface area (TPSA) is 155 Å². The van der Waals surface area contributed by atoms with E-state index < -0.39 is 64.4 Å². The van der Waals surface area contributed by atoms with Gasteiger partial charge in [0.2, 0.25) is 0 Å². The van der Waals surface area contributed by atoms with Gasteiger partial charge in [0, 0.05) is 12.8 Å². The zero-order chi connectivity index (χ0) is 52.7. The van der Waals surface area contributed by atoms with Crippen molar-refractivity contribution in [1.82, 2.24) is 0 Å². The minimum Gasteiger partial charge on any atom is -0.462 e. The summed E-state index contributed by atoms with van der Waals surface area (Å²) < 4.78 is 39.2. The summed E-state index contributed by atoms with van der Waals surface area (Å²) in [4.78, 5) is 48.4. The van der Waals surface area contributed by atoms with Crippen LogP contribution in [-0.2, 0) is 42.2 Å². The standard InChI is InChI=1S/C60H97O11P/c1-4-7-10-13-16-19-22-25-28-31-34-37-40-43-46-49-58(62)67-53-57(71-60(64)51-48-45-42-39-36-33-30-27-24-21-18-15-12-9-6-3)55-69-72(65,66)68-54-56(52-61)70-59(63)50-47-44-41-38-35-32-29-26-23-20-17-14-11-8-5-2/h7,9-10,12,16,18-19,21,25-30,34,36-37,39,45,48,56-57,61H,4-6,8,11,13-15,17,20,22-24,31-33,35,38,40-44,46-47,49-55H2,1-3H3,(H,65,66)/b10-7-,12-9-,19-16-,21-18-,28-25-,29-26-,30-27-,37-34-,39-36-,48-45-. The Morgan fingerprint density at radius 3 is 1.26 bits per heavy atom. The van der Waals surface area contributed by atoms with Crippen molar-refractivity contribution in [3.8, 4) is 0 Å². The van der Waals surface area contributed by atoms with Crippen LogP contribution in [0.5, 0.6) is 0 Å². The maximum absolute atomic E-state index is 12.9. The van der Waals surface area contributed by atoms with Crippen molar-refractivity contribution < 1.29 is 52.2 Å². The van der Waals surface area contributed by atoms with Gasteiger partial charge in [-0.2, -0.15) is 0 Å². The van der Waals surface area contributed by atoms with Crippen molar-refractivity contribution in [3.63, 3.8) is 0 Å². The predicted octanol–water partition coefficient (Wildman–Crippen LogP) is 16.0. The molecule has 0 amide bonds. The van der Waals surface area contributed by atoms with Gasteiger partial charge in [0.05, 0.1) is 26.2 Å². The molecule has 0 saturated heterocycles. The number of unbranched alkanes of at least 4 members (excludes halogenated alkanes) is 13. The molecule has 11 nitrogen and oxygen atoms in total. The Bertz CT molecular complexity index is 1670. The van der Waals surface area contributed by atoms with Gasteiger partial charge in [0.15, 0.2) is 6.10 Å². The van der Waals surface area contributed by atoms with Crippen LogP contribution in [0.25, 0.3) is 0 Å². The van der Waals surface area contributed by atoms with Crippen LogP contribution < -0.4 is 0 Å². The Morgan fingerprint density at radius 2 is 0.778 bits per heavy atom. The Kier molecular flexibility index (Phi) is 50.1. The fourth-order valence-corrected chi connectivity index (χ4v) is 7.55. The maximum Gasteiger partial charge on any atom is 0.472 e. The van der Waals surface area contributed by atoms with Gasteiger partial charge in [-0.3, -0.25) is 23.4 Å². The van der Waals surface area contributed by atoms with Gasteiger partial charge in [0.1, 0.15) is 12.7 Å². The zero-order valence-corrected chi connectivity index (χ0v) is 45.7. The lowest BCUT2D eigenvalue weighted by Crippen LogP contribution is -2.30. The van der Waals surface area contributed by atoms with Crippen molar-refractivity contribution in [2.75, 3.05) is 26.4 Å². The first-order chi connectivity index (χ1) is 35.2. The fraction of sp³-hybridized carbons (Fsp3) is 0.617. The highest BCUT2D eigenvalue weighted by Crippen LogP contribution is 2.43. The van der Waals surface area contributed by atoms with E-state index in [1.165, 1.54) is 38.5 Å². The van der Waals surface area contributed by atoms with Gasteiger partial charge in [-0.25, -0.2) is 4.57 Å². The Hall–Kier alpha value is -4.12. The third-order valence-corrected chi connectivity index (χ3v) is 11.8. The molecule has 0 aromatic carbocycles. The number of carbonyl (C=O) groups is 3. The molecular weight excluding hydrogens is 928 g/mol. The van der Waals surface area contributed by atoms with Crippen LogP contribution in [0.2, 0.25) is 0 Å². The summed E-state index contributed by atoms with van der Waals surface area (Å²) in [5, 5.41) is 9.80. The second-order valence-corrected chi connectivity index (χ2v) is 19.1. The number of hydrogen-bond donors (Lipinski definition) is 2. The zero-order valence-electron chi connectivity index (χ0n) is 44.8. The Balaban J connectivity index is 4.91.